The molecule has 1 N–H and O–H groups in total. The lowest BCUT2D eigenvalue weighted by atomic mass is 10.1. The first kappa shape index (κ1) is 12.8. The van der Waals surface area contributed by atoms with Crippen molar-refractivity contribution in [3.8, 4) is 5.75 Å². The Morgan fingerprint density at radius 2 is 1.94 bits per heavy atom. The van der Waals surface area contributed by atoms with Crippen molar-refractivity contribution in [2.75, 3.05) is 7.11 Å². The SMILES string of the molecule is C=CC(C)NC(C)Cc1ccc(OC)cc1. The second-order valence-electron chi connectivity index (χ2n) is 4.14. The van der Waals surface area contributed by atoms with Crippen molar-refractivity contribution in [1.29, 1.82) is 0 Å². The van der Waals surface area contributed by atoms with Crippen molar-refractivity contribution in [3.63, 3.8) is 0 Å². The van der Waals surface area contributed by atoms with E-state index in [9.17, 15) is 0 Å². The molecule has 88 valence electrons. The molecule has 0 radical (unpaired) electrons. The number of ether oxygens (including phenoxy) is 1. The second kappa shape index (κ2) is 6.33. The highest BCUT2D eigenvalue weighted by atomic mass is 16.5. The van der Waals surface area contributed by atoms with E-state index in [1.165, 1.54) is 5.56 Å². The van der Waals surface area contributed by atoms with E-state index in [0.29, 0.717) is 12.1 Å². The number of methoxy groups -OCH3 is 1. The van der Waals surface area contributed by atoms with Gasteiger partial charge in [0.15, 0.2) is 0 Å². The topological polar surface area (TPSA) is 21.3 Å². The molecule has 1 aromatic carbocycles. The molecule has 0 amide bonds. The third-order valence-electron chi connectivity index (χ3n) is 2.60. The molecular formula is C14H21NO. The van der Waals surface area contributed by atoms with Gasteiger partial charge in [-0.05, 0) is 38.0 Å². The van der Waals surface area contributed by atoms with E-state index in [1.54, 1.807) is 7.11 Å². The molecule has 0 heterocycles. The summed E-state index contributed by atoms with van der Waals surface area (Å²) >= 11 is 0. The number of nitrogens with one attached hydrogen (secondary N) is 1. The normalized spacial score (nSPS) is 14.2. The standard InChI is InChI=1S/C14H21NO/c1-5-11(2)15-12(3)10-13-6-8-14(16-4)9-7-13/h5-9,11-12,15H,1,10H2,2-4H3. The van der Waals surface area contributed by atoms with Gasteiger partial charge in [-0.1, -0.05) is 18.2 Å². The van der Waals surface area contributed by atoms with Gasteiger partial charge in [0.2, 0.25) is 0 Å². The van der Waals surface area contributed by atoms with Crippen LogP contribution in [0.3, 0.4) is 0 Å². The van der Waals surface area contributed by atoms with Gasteiger partial charge in [0, 0.05) is 12.1 Å². The van der Waals surface area contributed by atoms with Gasteiger partial charge < -0.3 is 10.1 Å². The highest BCUT2D eigenvalue weighted by Gasteiger charge is 2.05. The van der Waals surface area contributed by atoms with E-state index >= 15 is 0 Å². The molecule has 2 atom stereocenters. The largest absolute Gasteiger partial charge is 0.497 e. The number of hydrogen-bond acceptors (Lipinski definition) is 2. The maximum Gasteiger partial charge on any atom is 0.118 e. The summed E-state index contributed by atoms with van der Waals surface area (Å²) in [6.07, 6.45) is 2.94. The van der Waals surface area contributed by atoms with Crippen LogP contribution in [-0.4, -0.2) is 19.2 Å². The summed E-state index contributed by atoms with van der Waals surface area (Å²) in [7, 11) is 1.69. The Kier molecular flexibility index (Phi) is 5.06. The van der Waals surface area contributed by atoms with Crippen molar-refractivity contribution in [2.45, 2.75) is 32.4 Å². The zero-order chi connectivity index (χ0) is 12.0. The Balaban J connectivity index is 2.49. The Morgan fingerprint density at radius 1 is 1.31 bits per heavy atom. The lowest BCUT2D eigenvalue weighted by molar-refractivity contribution is 0.414. The summed E-state index contributed by atoms with van der Waals surface area (Å²) < 4.78 is 5.13. The van der Waals surface area contributed by atoms with Crippen LogP contribution in [0.2, 0.25) is 0 Å². The van der Waals surface area contributed by atoms with Crippen LogP contribution >= 0.6 is 0 Å². The predicted molar refractivity (Wildman–Crippen MR) is 69.0 cm³/mol. The fraction of sp³-hybridized carbons (Fsp3) is 0.429. The van der Waals surface area contributed by atoms with Crippen LogP contribution in [0.4, 0.5) is 0 Å². The third kappa shape index (κ3) is 4.07. The van der Waals surface area contributed by atoms with Crippen molar-refractivity contribution in [2.24, 2.45) is 0 Å². The fourth-order valence-electron chi connectivity index (χ4n) is 1.69. The Morgan fingerprint density at radius 3 is 2.44 bits per heavy atom. The molecule has 1 aromatic rings. The van der Waals surface area contributed by atoms with E-state index in [4.69, 9.17) is 4.74 Å². The minimum Gasteiger partial charge on any atom is -0.497 e. The van der Waals surface area contributed by atoms with Crippen LogP contribution in [0.1, 0.15) is 19.4 Å². The molecule has 16 heavy (non-hydrogen) atoms. The van der Waals surface area contributed by atoms with Gasteiger partial charge in [0.25, 0.3) is 0 Å². The van der Waals surface area contributed by atoms with Gasteiger partial charge in [-0.2, -0.15) is 0 Å². The van der Waals surface area contributed by atoms with E-state index in [2.05, 4.69) is 37.9 Å². The summed E-state index contributed by atoms with van der Waals surface area (Å²) in [5, 5.41) is 3.46. The predicted octanol–water partition coefficient (Wildman–Crippen LogP) is 2.79. The Labute approximate surface area is 98.3 Å². The lowest BCUT2D eigenvalue weighted by Crippen LogP contribution is -2.34. The molecule has 2 heteroatoms. The highest BCUT2D eigenvalue weighted by molar-refractivity contribution is 5.27. The first-order valence-corrected chi connectivity index (χ1v) is 5.67. The molecule has 0 saturated heterocycles. The summed E-state index contributed by atoms with van der Waals surface area (Å²) in [6.45, 7) is 8.06. The summed E-state index contributed by atoms with van der Waals surface area (Å²) in [5.41, 5.74) is 1.32. The van der Waals surface area contributed by atoms with E-state index in [1.807, 2.05) is 18.2 Å². The van der Waals surface area contributed by atoms with Crippen LogP contribution in [-0.2, 0) is 6.42 Å². The third-order valence-corrected chi connectivity index (χ3v) is 2.60. The molecule has 1 rings (SSSR count). The monoisotopic (exact) mass is 219 g/mol. The average Bonchev–Trinajstić information content (AvgIpc) is 2.29. The van der Waals surface area contributed by atoms with Crippen LogP contribution in [0.15, 0.2) is 36.9 Å². The minimum atomic E-state index is 0.355. The molecule has 0 aliphatic rings. The lowest BCUT2D eigenvalue weighted by Gasteiger charge is -2.17. The van der Waals surface area contributed by atoms with Gasteiger partial charge in [-0.3, -0.25) is 0 Å². The van der Waals surface area contributed by atoms with Crippen LogP contribution in [0.5, 0.6) is 5.75 Å². The van der Waals surface area contributed by atoms with Gasteiger partial charge in [0.05, 0.1) is 7.11 Å². The minimum absolute atomic E-state index is 0.355. The molecule has 2 unspecified atom stereocenters. The fourth-order valence-corrected chi connectivity index (χ4v) is 1.69. The van der Waals surface area contributed by atoms with Crippen molar-refractivity contribution >= 4 is 0 Å². The first-order chi connectivity index (χ1) is 7.65. The molecular weight excluding hydrogens is 198 g/mol. The molecule has 0 spiro atoms. The van der Waals surface area contributed by atoms with Crippen molar-refractivity contribution in [1.82, 2.24) is 5.32 Å². The van der Waals surface area contributed by atoms with Crippen LogP contribution in [0.25, 0.3) is 0 Å². The van der Waals surface area contributed by atoms with Gasteiger partial charge in [-0.25, -0.2) is 0 Å². The average molecular weight is 219 g/mol. The number of benzene rings is 1. The second-order valence-corrected chi connectivity index (χ2v) is 4.14. The number of hydrogen-bond donors (Lipinski definition) is 1. The zero-order valence-electron chi connectivity index (χ0n) is 10.4. The molecule has 0 aliphatic carbocycles. The quantitative estimate of drug-likeness (QED) is 0.743. The van der Waals surface area contributed by atoms with Crippen molar-refractivity contribution < 1.29 is 4.74 Å². The maximum atomic E-state index is 5.13. The van der Waals surface area contributed by atoms with Crippen molar-refractivity contribution in [3.05, 3.63) is 42.5 Å². The summed E-state index contributed by atoms with van der Waals surface area (Å²) in [4.78, 5) is 0. The van der Waals surface area contributed by atoms with Crippen LogP contribution < -0.4 is 10.1 Å². The Bertz CT molecular complexity index is 318. The molecule has 0 aliphatic heterocycles. The maximum absolute atomic E-state index is 5.13. The molecule has 0 bridgehead atoms. The van der Waals surface area contributed by atoms with Gasteiger partial charge in [-0.15, -0.1) is 6.58 Å². The summed E-state index contributed by atoms with van der Waals surface area (Å²) in [5.74, 6) is 0.906. The smallest absolute Gasteiger partial charge is 0.118 e. The zero-order valence-corrected chi connectivity index (χ0v) is 10.4. The van der Waals surface area contributed by atoms with Gasteiger partial charge in [0.1, 0.15) is 5.75 Å². The molecule has 0 fully saturated rings. The first-order valence-electron chi connectivity index (χ1n) is 5.67. The van der Waals surface area contributed by atoms with E-state index in [0.717, 1.165) is 12.2 Å². The molecule has 0 aromatic heterocycles. The molecule has 0 saturated carbocycles. The van der Waals surface area contributed by atoms with Gasteiger partial charge >= 0.3 is 0 Å². The number of rotatable bonds is 6. The van der Waals surface area contributed by atoms with E-state index in [-0.39, 0.29) is 0 Å². The Hall–Kier alpha value is -1.28. The molecule has 2 nitrogen and oxygen atoms in total. The van der Waals surface area contributed by atoms with Crippen LogP contribution in [0, 0.1) is 0 Å². The summed E-state index contributed by atoms with van der Waals surface area (Å²) in [6, 6.07) is 9.01. The highest BCUT2D eigenvalue weighted by Crippen LogP contribution is 2.12. The van der Waals surface area contributed by atoms with E-state index < -0.39 is 0 Å².